The summed E-state index contributed by atoms with van der Waals surface area (Å²) in [5.74, 6) is 1.90. The average molecular weight is 532 g/mol. The Kier molecular flexibility index (Phi) is 8.62. The van der Waals surface area contributed by atoms with Crippen molar-refractivity contribution < 1.29 is 0 Å². The molecule has 0 amide bonds. The van der Waals surface area contributed by atoms with Crippen LogP contribution < -0.4 is 5.32 Å². The van der Waals surface area contributed by atoms with Crippen LogP contribution in [-0.4, -0.2) is 60.0 Å². The fourth-order valence-electron chi connectivity index (χ4n) is 4.98. The summed E-state index contributed by atoms with van der Waals surface area (Å²) < 4.78 is 0. The topological polar surface area (TPSA) is 43.8 Å². The van der Waals surface area contributed by atoms with Crippen molar-refractivity contribution in [3.8, 4) is 0 Å². The highest BCUT2D eigenvalue weighted by atomic mass is 127. The molecule has 7 heteroatoms. The van der Waals surface area contributed by atoms with E-state index in [9.17, 15) is 0 Å². The molecule has 5 nitrogen and oxygen atoms in total. The summed E-state index contributed by atoms with van der Waals surface area (Å²) in [6.45, 7) is 12.1. The third-order valence-electron chi connectivity index (χ3n) is 6.98. The lowest BCUT2D eigenvalue weighted by atomic mass is 9.68. The lowest BCUT2D eigenvalue weighted by Gasteiger charge is -2.38. The second-order valence-electron chi connectivity index (χ2n) is 9.03. The molecule has 164 valence electrons. The monoisotopic (exact) mass is 531 g/mol. The SMILES string of the molecule is CCNC(=NCC1CCN(Cc2csc(CC)n2)CC1)N1CCC2(CCC2)C1.I. The van der Waals surface area contributed by atoms with Gasteiger partial charge in [0.1, 0.15) is 0 Å². The number of nitrogens with one attached hydrogen (secondary N) is 1. The van der Waals surface area contributed by atoms with E-state index in [1.807, 2.05) is 0 Å². The zero-order valence-electron chi connectivity index (χ0n) is 18.2. The number of nitrogens with zero attached hydrogens (tertiary/aromatic N) is 4. The summed E-state index contributed by atoms with van der Waals surface area (Å²) in [5, 5.41) is 7.06. The van der Waals surface area contributed by atoms with Crippen LogP contribution in [0, 0.1) is 11.3 Å². The molecule has 2 aliphatic heterocycles. The van der Waals surface area contributed by atoms with Gasteiger partial charge in [-0.3, -0.25) is 9.89 Å². The molecule has 0 radical (unpaired) electrons. The van der Waals surface area contributed by atoms with Crippen LogP contribution in [0.1, 0.15) is 63.1 Å². The van der Waals surface area contributed by atoms with Crippen molar-refractivity contribution in [3.63, 3.8) is 0 Å². The van der Waals surface area contributed by atoms with Crippen LogP contribution in [0.2, 0.25) is 0 Å². The number of hydrogen-bond acceptors (Lipinski definition) is 4. The zero-order chi connectivity index (χ0) is 19.4. The summed E-state index contributed by atoms with van der Waals surface area (Å²) in [5.41, 5.74) is 1.89. The molecule has 3 fully saturated rings. The maximum atomic E-state index is 5.07. The molecule has 1 N–H and O–H groups in total. The summed E-state index contributed by atoms with van der Waals surface area (Å²) >= 11 is 1.80. The van der Waals surface area contributed by atoms with E-state index in [0.29, 0.717) is 5.41 Å². The van der Waals surface area contributed by atoms with Gasteiger partial charge in [0, 0.05) is 38.1 Å². The highest BCUT2D eigenvalue weighted by molar-refractivity contribution is 14.0. The summed E-state index contributed by atoms with van der Waals surface area (Å²) in [6.07, 6.45) is 9.24. The Labute approximate surface area is 197 Å². The maximum Gasteiger partial charge on any atom is 0.193 e. The first-order valence-electron chi connectivity index (χ1n) is 11.4. The Hall–Kier alpha value is -0.410. The number of aryl methyl sites for hydroxylation is 1. The van der Waals surface area contributed by atoms with Crippen molar-refractivity contribution >= 4 is 41.3 Å². The maximum absolute atomic E-state index is 5.07. The number of likely N-dealkylation sites (tertiary alicyclic amines) is 2. The molecule has 1 aromatic heterocycles. The number of halogens is 1. The minimum absolute atomic E-state index is 0. The Balaban J connectivity index is 0.00000240. The molecule has 0 unspecified atom stereocenters. The van der Waals surface area contributed by atoms with E-state index >= 15 is 0 Å². The lowest BCUT2D eigenvalue weighted by Crippen LogP contribution is -2.43. The Morgan fingerprint density at radius 3 is 2.62 bits per heavy atom. The van der Waals surface area contributed by atoms with Gasteiger partial charge in [0.25, 0.3) is 0 Å². The highest BCUT2D eigenvalue weighted by Gasteiger charge is 2.43. The van der Waals surface area contributed by atoms with Gasteiger partial charge in [-0.1, -0.05) is 13.3 Å². The fourth-order valence-corrected chi connectivity index (χ4v) is 5.72. The van der Waals surface area contributed by atoms with E-state index in [-0.39, 0.29) is 24.0 Å². The van der Waals surface area contributed by atoms with Crippen molar-refractivity contribution in [2.75, 3.05) is 39.3 Å². The average Bonchev–Trinajstić information content (AvgIpc) is 3.33. The molecule has 29 heavy (non-hydrogen) atoms. The molecule has 4 rings (SSSR count). The minimum Gasteiger partial charge on any atom is -0.357 e. The van der Waals surface area contributed by atoms with Gasteiger partial charge in [-0.2, -0.15) is 0 Å². The molecule has 1 spiro atoms. The predicted octanol–water partition coefficient (Wildman–Crippen LogP) is 4.38. The second-order valence-corrected chi connectivity index (χ2v) is 9.97. The van der Waals surface area contributed by atoms with Crippen LogP contribution in [0.3, 0.4) is 0 Å². The largest absolute Gasteiger partial charge is 0.357 e. The molecule has 0 aromatic carbocycles. The first-order valence-corrected chi connectivity index (χ1v) is 12.3. The van der Waals surface area contributed by atoms with Gasteiger partial charge in [-0.05, 0) is 69.9 Å². The van der Waals surface area contributed by atoms with E-state index in [0.717, 1.165) is 32.0 Å². The van der Waals surface area contributed by atoms with Gasteiger partial charge < -0.3 is 10.2 Å². The van der Waals surface area contributed by atoms with E-state index in [2.05, 4.69) is 34.3 Å². The zero-order valence-corrected chi connectivity index (χ0v) is 21.3. The summed E-state index contributed by atoms with van der Waals surface area (Å²) in [6, 6.07) is 0. The van der Waals surface area contributed by atoms with E-state index in [1.54, 1.807) is 11.3 Å². The summed E-state index contributed by atoms with van der Waals surface area (Å²) in [7, 11) is 0. The minimum atomic E-state index is 0. The van der Waals surface area contributed by atoms with Crippen molar-refractivity contribution in [2.24, 2.45) is 16.3 Å². The smallest absolute Gasteiger partial charge is 0.193 e. The molecule has 0 atom stereocenters. The van der Waals surface area contributed by atoms with E-state index in [1.165, 1.54) is 81.4 Å². The molecule has 1 aliphatic carbocycles. The van der Waals surface area contributed by atoms with Crippen molar-refractivity contribution in [2.45, 2.75) is 65.3 Å². The number of piperidine rings is 1. The van der Waals surface area contributed by atoms with Crippen LogP contribution in [0.25, 0.3) is 0 Å². The number of rotatable bonds is 6. The van der Waals surface area contributed by atoms with Gasteiger partial charge in [0.15, 0.2) is 5.96 Å². The molecule has 1 aromatic rings. The second kappa shape index (κ2) is 10.8. The van der Waals surface area contributed by atoms with Crippen molar-refractivity contribution in [1.82, 2.24) is 20.1 Å². The van der Waals surface area contributed by atoms with Crippen LogP contribution in [0.15, 0.2) is 10.4 Å². The van der Waals surface area contributed by atoms with Gasteiger partial charge >= 0.3 is 0 Å². The number of aromatic nitrogens is 1. The van der Waals surface area contributed by atoms with Crippen LogP contribution >= 0.6 is 35.3 Å². The van der Waals surface area contributed by atoms with Crippen LogP contribution in [-0.2, 0) is 13.0 Å². The van der Waals surface area contributed by atoms with E-state index in [4.69, 9.17) is 9.98 Å². The van der Waals surface area contributed by atoms with Crippen LogP contribution in [0.5, 0.6) is 0 Å². The fraction of sp³-hybridized carbons (Fsp3) is 0.818. The first kappa shape index (κ1) is 23.3. The lowest BCUT2D eigenvalue weighted by molar-refractivity contribution is 0.151. The standard InChI is InChI=1S/C22H37N5S.HI/c1-3-20-25-19(16-28-20)15-26-11-6-18(7-12-26)14-24-21(23-4-2)27-13-10-22(17-27)8-5-9-22;/h16,18H,3-15,17H2,1-2H3,(H,23,24);1H. The molecule has 1 saturated carbocycles. The van der Waals surface area contributed by atoms with Crippen molar-refractivity contribution in [3.05, 3.63) is 16.1 Å². The van der Waals surface area contributed by atoms with Gasteiger partial charge in [0.05, 0.1) is 10.7 Å². The predicted molar refractivity (Wildman–Crippen MR) is 133 cm³/mol. The molecular formula is C22H38IN5S. The highest BCUT2D eigenvalue weighted by Crippen LogP contribution is 2.47. The Bertz CT molecular complexity index is 664. The van der Waals surface area contributed by atoms with E-state index < -0.39 is 0 Å². The summed E-state index contributed by atoms with van der Waals surface area (Å²) in [4.78, 5) is 14.9. The van der Waals surface area contributed by atoms with Crippen molar-refractivity contribution in [1.29, 1.82) is 0 Å². The van der Waals surface area contributed by atoms with Gasteiger partial charge in [-0.25, -0.2) is 4.98 Å². The molecular weight excluding hydrogens is 493 g/mol. The normalized spacial score (nSPS) is 22.6. The Morgan fingerprint density at radius 1 is 1.24 bits per heavy atom. The number of aliphatic imine (C=N–C) groups is 1. The molecule has 3 heterocycles. The van der Waals surface area contributed by atoms with Gasteiger partial charge in [-0.15, -0.1) is 35.3 Å². The molecule has 3 aliphatic rings. The first-order chi connectivity index (χ1) is 13.7. The molecule has 2 saturated heterocycles. The quantitative estimate of drug-likeness (QED) is 0.336. The number of thiazole rings is 1. The third kappa shape index (κ3) is 5.85. The Morgan fingerprint density at radius 2 is 2.03 bits per heavy atom. The number of hydrogen-bond donors (Lipinski definition) is 1. The van der Waals surface area contributed by atoms with Gasteiger partial charge in [0.2, 0.25) is 0 Å². The molecule has 0 bridgehead atoms. The van der Waals surface area contributed by atoms with Crippen LogP contribution in [0.4, 0.5) is 0 Å². The number of guanidine groups is 1. The third-order valence-corrected chi connectivity index (χ3v) is 8.02.